The Labute approximate surface area is 204 Å². The summed E-state index contributed by atoms with van der Waals surface area (Å²) in [5.74, 6) is 0.427. The first kappa shape index (κ1) is 22.8. The van der Waals surface area contributed by atoms with Gasteiger partial charge in [0.2, 0.25) is 0 Å². The molecule has 0 radical (unpaired) electrons. The molecule has 0 saturated heterocycles. The van der Waals surface area contributed by atoms with Crippen molar-refractivity contribution in [2.45, 2.75) is 13.8 Å². The van der Waals surface area contributed by atoms with Gasteiger partial charge in [-0.3, -0.25) is 0 Å². The second-order valence-corrected chi connectivity index (χ2v) is 10.8. The summed E-state index contributed by atoms with van der Waals surface area (Å²) in [6, 6.07) is 26.9. The number of phenols is 2. The van der Waals surface area contributed by atoms with Crippen LogP contribution in [-0.2, 0) is 0 Å². The van der Waals surface area contributed by atoms with Gasteiger partial charge in [0.1, 0.15) is 0 Å². The molecule has 0 heterocycles. The summed E-state index contributed by atoms with van der Waals surface area (Å²) in [6.07, 6.45) is 3.42. The van der Waals surface area contributed by atoms with Crippen molar-refractivity contribution in [3.8, 4) is 11.5 Å². The van der Waals surface area contributed by atoms with Gasteiger partial charge in [-0.15, -0.1) is 0 Å². The molecule has 5 heteroatoms. The maximum absolute atomic E-state index is 10.1. The van der Waals surface area contributed by atoms with Gasteiger partial charge < -0.3 is 0 Å². The Morgan fingerprint density at radius 1 is 0.606 bits per heavy atom. The van der Waals surface area contributed by atoms with Crippen molar-refractivity contribution >= 4 is 51.9 Å². The first-order valence-electron chi connectivity index (χ1n) is 10.5. The van der Waals surface area contributed by atoms with Gasteiger partial charge in [0.15, 0.2) is 0 Å². The van der Waals surface area contributed by atoms with Crippen molar-refractivity contribution in [1.29, 1.82) is 0 Å². The number of para-hydroxylation sites is 2. The van der Waals surface area contributed by atoms with Gasteiger partial charge in [-0.25, -0.2) is 0 Å². The van der Waals surface area contributed by atoms with Crippen LogP contribution in [0, 0.1) is 13.8 Å². The third-order valence-electron chi connectivity index (χ3n) is 5.01. The van der Waals surface area contributed by atoms with E-state index in [0.717, 1.165) is 11.4 Å². The fraction of sp³-hybridized carbons (Fsp3) is 0.0714. The molecular weight excluding hydrogens is 524 g/mol. The summed E-state index contributed by atoms with van der Waals surface area (Å²) < 4.78 is 2.41. The van der Waals surface area contributed by atoms with Crippen molar-refractivity contribution in [3.63, 3.8) is 0 Å². The average molecular weight is 548 g/mol. The summed E-state index contributed by atoms with van der Waals surface area (Å²) in [5, 5.41) is 20.1. The zero-order chi connectivity index (χ0) is 23.2. The molecule has 0 saturated carbocycles. The molecule has 0 unspecified atom stereocenters. The van der Waals surface area contributed by atoms with E-state index in [0.29, 0.717) is 11.1 Å². The number of nitrogens with zero attached hydrogens (tertiary/aromatic N) is 2. The Balaban J connectivity index is 1.68. The summed E-state index contributed by atoms with van der Waals surface area (Å²) in [5.41, 5.74) is 5.56. The van der Waals surface area contributed by atoms with Crippen LogP contribution in [0.2, 0.25) is 0 Å². The first-order chi connectivity index (χ1) is 16.0. The number of rotatable bonds is 6. The fourth-order valence-corrected chi connectivity index (χ4v) is 6.57. The van der Waals surface area contributed by atoms with E-state index in [4.69, 9.17) is 9.98 Å². The van der Waals surface area contributed by atoms with Gasteiger partial charge in [-0.05, 0) is 0 Å². The van der Waals surface area contributed by atoms with E-state index in [1.165, 1.54) is 18.3 Å². The molecule has 4 aromatic rings. The number of benzene rings is 4. The SMILES string of the molecule is Cc1ccc(N=Cc2ccccc2O)c([Te]c2cc(C)ccc2N=Cc2ccccc2O)c1. The molecule has 2 N–H and O–H groups in total. The molecule has 4 nitrogen and oxygen atoms in total. The Morgan fingerprint density at radius 2 is 1.03 bits per heavy atom. The second kappa shape index (κ2) is 10.5. The third kappa shape index (κ3) is 5.90. The molecule has 0 aliphatic rings. The molecule has 0 aliphatic carbocycles. The third-order valence-corrected chi connectivity index (χ3v) is 8.13. The van der Waals surface area contributed by atoms with Gasteiger partial charge in [-0.1, -0.05) is 0 Å². The fourth-order valence-electron chi connectivity index (χ4n) is 3.21. The van der Waals surface area contributed by atoms with Crippen molar-refractivity contribution in [2.24, 2.45) is 9.98 Å². The number of aromatic hydroxyl groups is 2. The molecule has 0 atom stereocenters. The van der Waals surface area contributed by atoms with E-state index in [2.05, 4.69) is 38.1 Å². The number of aliphatic imine (C=N–C) groups is 2. The van der Waals surface area contributed by atoms with Crippen molar-refractivity contribution in [2.75, 3.05) is 0 Å². The van der Waals surface area contributed by atoms with Crippen LogP contribution in [0.15, 0.2) is 94.9 Å². The van der Waals surface area contributed by atoms with Crippen LogP contribution in [-0.4, -0.2) is 43.6 Å². The summed E-state index contributed by atoms with van der Waals surface area (Å²) in [4.78, 5) is 9.42. The predicted molar refractivity (Wildman–Crippen MR) is 138 cm³/mol. The molecule has 33 heavy (non-hydrogen) atoms. The van der Waals surface area contributed by atoms with E-state index >= 15 is 0 Å². The molecule has 4 rings (SSSR count). The molecule has 0 bridgehead atoms. The molecular formula is C28H24N2O2Te. The van der Waals surface area contributed by atoms with Crippen LogP contribution in [0.3, 0.4) is 0 Å². The molecule has 0 aromatic heterocycles. The van der Waals surface area contributed by atoms with Crippen LogP contribution < -0.4 is 7.22 Å². The van der Waals surface area contributed by atoms with Crippen LogP contribution in [0.5, 0.6) is 11.5 Å². The molecule has 164 valence electrons. The van der Waals surface area contributed by atoms with Crippen molar-refractivity contribution in [3.05, 3.63) is 107 Å². The van der Waals surface area contributed by atoms with E-state index in [9.17, 15) is 10.2 Å². The van der Waals surface area contributed by atoms with Crippen LogP contribution in [0.25, 0.3) is 0 Å². The molecule has 0 aliphatic heterocycles. The van der Waals surface area contributed by atoms with Crippen LogP contribution >= 0.6 is 0 Å². The first-order valence-corrected chi connectivity index (χ1v) is 12.9. The van der Waals surface area contributed by atoms with Gasteiger partial charge in [0.05, 0.1) is 0 Å². The standard InChI is InChI=1S/C28H24N2O2Te/c1-19-11-13-23(29-17-21-7-3-5-9-25(21)31)27(15-19)33-28-16-20(2)12-14-24(28)30-18-22-8-4-6-10-26(22)32/h3-18,31-32H,1-2H3. The van der Waals surface area contributed by atoms with E-state index in [1.807, 2.05) is 36.4 Å². The van der Waals surface area contributed by atoms with Gasteiger partial charge in [0, 0.05) is 0 Å². The average Bonchev–Trinajstić information content (AvgIpc) is 2.80. The zero-order valence-corrected chi connectivity index (χ0v) is 20.8. The summed E-state index contributed by atoms with van der Waals surface area (Å²) >= 11 is -0.807. The van der Waals surface area contributed by atoms with Gasteiger partial charge in [0.25, 0.3) is 0 Å². The Bertz CT molecular complexity index is 1240. The number of aryl methyl sites for hydroxylation is 2. The van der Waals surface area contributed by atoms with Crippen LogP contribution in [0.1, 0.15) is 22.3 Å². The monoisotopic (exact) mass is 550 g/mol. The normalized spacial score (nSPS) is 11.5. The predicted octanol–water partition coefficient (Wildman–Crippen LogP) is 4.87. The minimum atomic E-state index is -0.807. The minimum absolute atomic E-state index is 0.214. The molecule has 0 fully saturated rings. The van der Waals surface area contributed by atoms with E-state index < -0.39 is 20.9 Å². The Morgan fingerprint density at radius 3 is 1.45 bits per heavy atom. The Kier molecular flexibility index (Phi) is 7.24. The van der Waals surface area contributed by atoms with E-state index in [1.54, 1.807) is 36.7 Å². The van der Waals surface area contributed by atoms with Crippen molar-refractivity contribution in [1.82, 2.24) is 0 Å². The second-order valence-electron chi connectivity index (χ2n) is 7.68. The van der Waals surface area contributed by atoms with Crippen molar-refractivity contribution < 1.29 is 10.2 Å². The molecule has 0 amide bonds. The van der Waals surface area contributed by atoms with Gasteiger partial charge >= 0.3 is 205 Å². The number of hydrogen-bond acceptors (Lipinski definition) is 4. The topological polar surface area (TPSA) is 65.2 Å². The quantitative estimate of drug-likeness (QED) is 0.267. The molecule has 4 aromatic carbocycles. The number of hydrogen-bond donors (Lipinski definition) is 2. The number of phenolic OH excluding ortho intramolecular Hbond substituents is 2. The van der Waals surface area contributed by atoms with Crippen LogP contribution in [0.4, 0.5) is 11.4 Å². The summed E-state index contributed by atoms with van der Waals surface area (Å²) in [6.45, 7) is 4.17. The zero-order valence-electron chi connectivity index (χ0n) is 18.4. The van der Waals surface area contributed by atoms with Gasteiger partial charge in [-0.2, -0.15) is 0 Å². The Hall–Kier alpha value is -3.39. The maximum atomic E-state index is 10.1. The summed E-state index contributed by atoms with van der Waals surface area (Å²) in [7, 11) is 0. The molecule has 0 spiro atoms. The van der Waals surface area contributed by atoms with E-state index in [-0.39, 0.29) is 11.5 Å².